The first-order valence-corrected chi connectivity index (χ1v) is 6.16. The Morgan fingerprint density at radius 1 is 1.25 bits per heavy atom. The molecule has 16 heavy (non-hydrogen) atoms. The highest BCUT2D eigenvalue weighted by molar-refractivity contribution is 5.76. The molecule has 0 aliphatic carbocycles. The summed E-state index contributed by atoms with van der Waals surface area (Å²) in [7, 11) is 2.08. The lowest BCUT2D eigenvalue weighted by molar-refractivity contribution is -0.137. The van der Waals surface area contributed by atoms with Gasteiger partial charge in [0.05, 0.1) is 6.61 Å². The van der Waals surface area contributed by atoms with Crippen molar-refractivity contribution < 1.29 is 9.90 Å². The number of carbonyl (C=O) groups excluding carboxylic acids is 1. The molecule has 0 aromatic heterocycles. The van der Waals surface area contributed by atoms with Crippen LogP contribution in [0.1, 0.15) is 34.1 Å². The van der Waals surface area contributed by atoms with Gasteiger partial charge >= 0.3 is 0 Å². The fraction of sp³-hybridized carbons (Fsp3) is 0.917. The maximum atomic E-state index is 11.6. The number of piperazine rings is 1. The minimum Gasteiger partial charge on any atom is -0.396 e. The van der Waals surface area contributed by atoms with E-state index in [1.807, 2.05) is 18.7 Å². The summed E-state index contributed by atoms with van der Waals surface area (Å²) in [5, 5.41) is 8.71. The highest BCUT2D eigenvalue weighted by Gasteiger charge is 2.29. The number of rotatable bonds is 2. The summed E-state index contributed by atoms with van der Waals surface area (Å²) in [5.74, 6) is 0.0694. The van der Waals surface area contributed by atoms with Gasteiger partial charge in [0.2, 0.25) is 5.91 Å². The van der Waals surface area contributed by atoms with Crippen LogP contribution in [0.4, 0.5) is 0 Å². The molecule has 4 nitrogen and oxygen atoms in total. The van der Waals surface area contributed by atoms with Crippen molar-refractivity contribution in [2.45, 2.75) is 46.2 Å². The van der Waals surface area contributed by atoms with E-state index in [2.05, 4.69) is 25.8 Å². The number of aliphatic hydroxyl groups excluding tert-OH is 1. The lowest BCUT2D eigenvalue weighted by Crippen LogP contribution is -2.56. The smallest absolute Gasteiger partial charge is 0.225 e. The third-order valence-corrected chi connectivity index (χ3v) is 2.94. The third kappa shape index (κ3) is 4.10. The van der Waals surface area contributed by atoms with Crippen LogP contribution >= 0.6 is 0 Å². The van der Waals surface area contributed by atoms with Gasteiger partial charge in [0.1, 0.15) is 0 Å². The number of likely N-dealkylation sites (N-methyl/N-ethyl adjacent to an activating group) is 1. The predicted octanol–water partition coefficient (Wildman–Crippen LogP) is 0.946. The van der Waals surface area contributed by atoms with Crippen molar-refractivity contribution in [3.05, 3.63) is 0 Å². The zero-order chi connectivity index (χ0) is 12.7. The van der Waals surface area contributed by atoms with E-state index in [-0.39, 0.29) is 25.0 Å². The molecule has 4 heteroatoms. The third-order valence-electron chi connectivity index (χ3n) is 2.94. The van der Waals surface area contributed by atoms with Gasteiger partial charge in [-0.05, 0) is 20.9 Å². The first-order chi connectivity index (χ1) is 7.56. The van der Waals surface area contributed by atoms with E-state index in [9.17, 15) is 4.79 Å². The Bertz CT molecular complexity index is 209. The van der Waals surface area contributed by atoms with E-state index in [1.165, 1.54) is 0 Å². The molecule has 2 unspecified atom stereocenters. The molecule has 1 saturated heterocycles. The fourth-order valence-corrected chi connectivity index (χ4v) is 1.89. The zero-order valence-corrected chi connectivity index (χ0v) is 11.2. The molecule has 2 atom stereocenters. The van der Waals surface area contributed by atoms with Crippen molar-refractivity contribution in [3.63, 3.8) is 0 Å². The maximum absolute atomic E-state index is 11.6. The van der Waals surface area contributed by atoms with Gasteiger partial charge in [-0.15, -0.1) is 0 Å². The first kappa shape index (κ1) is 15.4. The van der Waals surface area contributed by atoms with Gasteiger partial charge in [-0.25, -0.2) is 0 Å². The Morgan fingerprint density at radius 3 is 2.31 bits per heavy atom. The van der Waals surface area contributed by atoms with Crippen molar-refractivity contribution in [1.82, 2.24) is 9.80 Å². The van der Waals surface area contributed by atoms with Gasteiger partial charge in [0.15, 0.2) is 0 Å². The second-order valence-electron chi connectivity index (χ2n) is 4.16. The molecule has 1 rings (SSSR count). The summed E-state index contributed by atoms with van der Waals surface area (Å²) >= 11 is 0. The normalized spacial score (nSPS) is 26.0. The van der Waals surface area contributed by atoms with Crippen molar-refractivity contribution >= 4 is 5.91 Å². The van der Waals surface area contributed by atoms with Crippen molar-refractivity contribution in [3.8, 4) is 0 Å². The number of hydrogen-bond donors (Lipinski definition) is 1. The second-order valence-corrected chi connectivity index (χ2v) is 4.16. The molecule has 0 aromatic rings. The van der Waals surface area contributed by atoms with Crippen LogP contribution in [0.15, 0.2) is 0 Å². The van der Waals surface area contributed by atoms with Crippen LogP contribution in [0.3, 0.4) is 0 Å². The van der Waals surface area contributed by atoms with E-state index >= 15 is 0 Å². The molecule has 1 amide bonds. The summed E-state index contributed by atoms with van der Waals surface area (Å²) in [4.78, 5) is 15.7. The van der Waals surface area contributed by atoms with Gasteiger partial charge in [-0.1, -0.05) is 13.8 Å². The van der Waals surface area contributed by atoms with Crippen LogP contribution in [-0.2, 0) is 4.79 Å². The Kier molecular flexibility index (Phi) is 7.34. The number of hydrogen-bond acceptors (Lipinski definition) is 3. The van der Waals surface area contributed by atoms with Gasteiger partial charge in [0, 0.05) is 31.6 Å². The first-order valence-electron chi connectivity index (χ1n) is 6.16. The van der Waals surface area contributed by atoms with Crippen LogP contribution in [-0.4, -0.2) is 59.6 Å². The number of aliphatic hydroxyl groups is 1. The molecule has 1 aliphatic rings. The number of amides is 1. The van der Waals surface area contributed by atoms with Crippen molar-refractivity contribution in [1.29, 1.82) is 0 Å². The summed E-state index contributed by atoms with van der Waals surface area (Å²) < 4.78 is 0. The van der Waals surface area contributed by atoms with Crippen LogP contribution in [0.5, 0.6) is 0 Å². The van der Waals surface area contributed by atoms with E-state index in [4.69, 9.17) is 5.11 Å². The van der Waals surface area contributed by atoms with Gasteiger partial charge in [-0.2, -0.15) is 0 Å². The molecule has 0 spiro atoms. The molecule has 1 N–H and O–H groups in total. The fourth-order valence-electron chi connectivity index (χ4n) is 1.89. The average molecular weight is 230 g/mol. The standard InChI is InChI=1S/C10H20N2O2.C2H6/c1-8-7-12(10(14)4-5-13)9(2)6-11(8)3;1-2/h8-9,13H,4-7H2,1-3H3;1-2H3. The Balaban J connectivity index is 0.00000106. The quantitative estimate of drug-likeness (QED) is 0.768. The minimum absolute atomic E-state index is 0.0493. The monoisotopic (exact) mass is 230 g/mol. The average Bonchev–Trinajstić information content (AvgIpc) is 2.26. The predicted molar refractivity (Wildman–Crippen MR) is 66.3 cm³/mol. The summed E-state index contributed by atoms with van der Waals surface area (Å²) in [6, 6.07) is 0.670. The van der Waals surface area contributed by atoms with Crippen LogP contribution < -0.4 is 0 Å². The molecule has 0 aromatic carbocycles. The molecule has 0 bridgehead atoms. The Labute approximate surface area is 99.2 Å². The lowest BCUT2D eigenvalue weighted by Gasteiger charge is -2.42. The molecule has 0 saturated carbocycles. The molecule has 0 radical (unpaired) electrons. The summed E-state index contributed by atoms with van der Waals surface area (Å²) in [5.41, 5.74) is 0. The summed E-state index contributed by atoms with van der Waals surface area (Å²) in [6.45, 7) is 9.81. The Morgan fingerprint density at radius 2 is 1.81 bits per heavy atom. The Hall–Kier alpha value is -0.610. The topological polar surface area (TPSA) is 43.8 Å². The summed E-state index contributed by atoms with van der Waals surface area (Å²) in [6.07, 6.45) is 0.251. The van der Waals surface area contributed by atoms with Crippen LogP contribution in [0, 0.1) is 0 Å². The van der Waals surface area contributed by atoms with Crippen LogP contribution in [0.2, 0.25) is 0 Å². The maximum Gasteiger partial charge on any atom is 0.225 e. The van der Waals surface area contributed by atoms with E-state index in [0.717, 1.165) is 13.1 Å². The molecular weight excluding hydrogens is 204 g/mol. The largest absolute Gasteiger partial charge is 0.396 e. The molecule has 1 fully saturated rings. The molecule has 1 heterocycles. The van der Waals surface area contributed by atoms with Crippen molar-refractivity contribution in [2.75, 3.05) is 26.7 Å². The zero-order valence-electron chi connectivity index (χ0n) is 11.2. The molecule has 1 aliphatic heterocycles. The van der Waals surface area contributed by atoms with E-state index in [0.29, 0.717) is 6.04 Å². The second kappa shape index (κ2) is 7.63. The number of carbonyl (C=O) groups is 1. The van der Waals surface area contributed by atoms with Crippen LogP contribution in [0.25, 0.3) is 0 Å². The highest BCUT2D eigenvalue weighted by Crippen LogP contribution is 2.14. The van der Waals surface area contributed by atoms with Gasteiger partial charge < -0.3 is 10.0 Å². The van der Waals surface area contributed by atoms with Gasteiger partial charge in [0.25, 0.3) is 0 Å². The minimum atomic E-state index is -0.0493. The number of nitrogens with zero attached hydrogens (tertiary/aromatic N) is 2. The van der Waals surface area contributed by atoms with E-state index in [1.54, 1.807) is 0 Å². The SMILES string of the molecule is CC.CC1CN(C(=O)CCO)C(C)CN1C. The van der Waals surface area contributed by atoms with Gasteiger partial charge in [-0.3, -0.25) is 9.69 Å². The van der Waals surface area contributed by atoms with E-state index < -0.39 is 0 Å². The lowest BCUT2D eigenvalue weighted by atomic mass is 10.1. The highest BCUT2D eigenvalue weighted by atomic mass is 16.3. The molecule has 96 valence electrons. The molecular formula is C12H26N2O2. The van der Waals surface area contributed by atoms with Crippen molar-refractivity contribution in [2.24, 2.45) is 0 Å².